The van der Waals surface area contributed by atoms with Gasteiger partial charge >= 0.3 is 29.6 Å². The normalized spacial score (nSPS) is 11.5. The molecule has 6 nitrogen and oxygen atoms in total. The number of hydrogen-bond donors (Lipinski definition) is 1. The number of unbranched alkanes of at least 4 members (excludes halogenated alkanes) is 2. The first kappa shape index (κ1) is 27.4. The minimum Gasteiger partial charge on any atom is -0.372 e. The van der Waals surface area contributed by atoms with Gasteiger partial charge in [-0.25, -0.2) is 0 Å². The molecule has 0 aliphatic rings. The van der Waals surface area contributed by atoms with E-state index in [0.717, 1.165) is 25.1 Å². The Morgan fingerprint density at radius 2 is 1.63 bits per heavy atom. The summed E-state index contributed by atoms with van der Waals surface area (Å²) in [7, 11) is -3.90. The number of hydrogen-bond acceptors (Lipinski definition) is 5. The molecule has 0 heterocycles. The zero-order chi connectivity index (χ0) is 21.3. The van der Waals surface area contributed by atoms with Crippen molar-refractivity contribution in [2.24, 2.45) is 10.2 Å². The summed E-state index contributed by atoms with van der Waals surface area (Å²) in [6, 6.07) is 12.7. The van der Waals surface area contributed by atoms with Crippen LogP contribution in [0.15, 0.2) is 52.7 Å². The fraction of sp³-hybridized carbons (Fsp3) is 0.400. The first-order valence-electron chi connectivity index (χ1n) is 9.45. The molecule has 0 saturated carbocycles. The van der Waals surface area contributed by atoms with E-state index in [1.54, 1.807) is 18.2 Å². The van der Waals surface area contributed by atoms with Crippen LogP contribution in [0.5, 0.6) is 0 Å². The Balaban J connectivity index is 0.00000450. The molecule has 10 heteroatoms. The molecule has 30 heavy (non-hydrogen) atoms. The summed E-state index contributed by atoms with van der Waals surface area (Å²) >= 11 is 12.1. The standard InChI is InChI=1S/C20H25Cl2N3O3S.Na/c1-2-3-12-25(13-4-5-14-29(26,27)28)18-9-7-17(8-10-18)23-24-20-15-16(21)6-11-19(20)22;/h6-11,15H,2-5,12-14H2,1H3,(H,26,27,28);/q;+1. The topological polar surface area (TPSA) is 82.3 Å². The number of rotatable bonds is 11. The smallest absolute Gasteiger partial charge is 0.372 e. The average Bonchev–Trinajstić information content (AvgIpc) is 2.68. The third kappa shape index (κ3) is 10.1. The van der Waals surface area contributed by atoms with Gasteiger partial charge in [-0.05, 0) is 61.7 Å². The Labute approximate surface area is 210 Å². The molecule has 158 valence electrons. The molecule has 0 unspecified atom stereocenters. The summed E-state index contributed by atoms with van der Waals surface area (Å²) in [6.07, 6.45) is 3.20. The van der Waals surface area contributed by atoms with Crippen LogP contribution >= 0.6 is 23.2 Å². The second-order valence-corrected chi connectivity index (χ2v) is 9.06. The maximum absolute atomic E-state index is 10.9. The van der Waals surface area contributed by atoms with Crippen LogP contribution < -0.4 is 34.5 Å². The summed E-state index contributed by atoms with van der Waals surface area (Å²) in [4.78, 5) is 2.21. The fourth-order valence-electron chi connectivity index (χ4n) is 2.71. The first-order valence-corrected chi connectivity index (χ1v) is 11.8. The monoisotopic (exact) mass is 480 g/mol. The third-order valence-electron chi connectivity index (χ3n) is 4.26. The van der Waals surface area contributed by atoms with E-state index in [-0.39, 0.29) is 35.3 Å². The largest absolute Gasteiger partial charge is 1.00 e. The van der Waals surface area contributed by atoms with Gasteiger partial charge in [-0.3, -0.25) is 4.55 Å². The minimum atomic E-state index is -3.90. The van der Waals surface area contributed by atoms with Gasteiger partial charge in [-0.1, -0.05) is 36.5 Å². The van der Waals surface area contributed by atoms with Crippen molar-refractivity contribution < 1.29 is 42.5 Å². The summed E-state index contributed by atoms with van der Waals surface area (Å²) in [5.41, 5.74) is 2.23. The van der Waals surface area contributed by atoms with Crippen LogP contribution in [0.2, 0.25) is 10.0 Å². The van der Waals surface area contributed by atoms with Gasteiger partial charge in [0, 0.05) is 23.8 Å². The van der Waals surface area contributed by atoms with Gasteiger partial charge in [-0.2, -0.15) is 13.5 Å². The number of benzene rings is 2. The summed E-state index contributed by atoms with van der Waals surface area (Å²) in [5.74, 6) is -0.208. The second-order valence-electron chi connectivity index (χ2n) is 6.65. The van der Waals surface area contributed by atoms with Crippen molar-refractivity contribution in [3.05, 3.63) is 52.5 Å². The molecule has 0 atom stereocenters. The molecule has 0 bridgehead atoms. The fourth-order valence-corrected chi connectivity index (χ4v) is 3.60. The van der Waals surface area contributed by atoms with E-state index in [2.05, 4.69) is 22.1 Å². The molecule has 2 rings (SSSR count). The Hall–Kier alpha value is -0.670. The quantitative estimate of drug-likeness (QED) is 0.230. The molecule has 2 aromatic rings. The molecule has 0 spiro atoms. The van der Waals surface area contributed by atoms with Crippen LogP contribution in [0.1, 0.15) is 32.6 Å². The summed E-state index contributed by atoms with van der Waals surface area (Å²) < 4.78 is 30.6. The van der Waals surface area contributed by atoms with Gasteiger partial charge in [-0.15, -0.1) is 5.11 Å². The van der Waals surface area contributed by atoms with Crippen molar-refractivity contribution in [1.29, 1.82) is 0 Å². The van der Waals surface area contributed by atoms with Gasteiger partial charge in [0.1, 0.15) is 5.69 Å². The van der Waals surface area contributed by atoms with Gasteiger partial charge in [0.05, 0.1) is 16.5 Å². The van der Waals surface area contributed by atoms with E-state index in [1.807, 2.05) is 24.3 Å². The van der Waals surface area contributed by atoms with Gasteiger partial charge in [0.15, 0.2) is 0 Å². The Bertz CT molecular complexity index is 925. The summed E-state index contributed by atoms with van der Waals surface area (Å²) in [6.45, 7) is 3.72. The molecule has 0 aliphatic carbocycles. The van der Waals surface area contributed by atoms with E-state index >= 15 is 0 Å². The zero-order valence-corrected chi connectivity index (χ0v) is 21.6. The van der Waals surface area contributed by atoms with Crippen LogP contribution in [0, 0.1) is 0 Å². The van der Waals surface area contributed by atoms with Crippen molar-refractivity contribution in [2.75, 3.05) is 23.7 Å². The molecular formula is C20H25Cl2N3NaO3S+. The molecule has 0 amide bonds. The first-order chi connectivity index (χ1) is 13.8. The predicted octanol–water partition coefficient (Wildman–Crippen LogP) is 3.69. The molecule has 0 aromatic heterocycles. The molecule has 2 aromatic carbocycles. The number of anilines is 1. The Kier molecular flexibility index (Phi) is 12.5. The molecule has 1 N–H and O–H groups in total. The van der Waals surface area contributed by atoms with Crippen molar-refractivity contribution in [3.8, 4) is 0 Å². The molecule has 0 fully saturated rings. The number of halogens is 2. The minimum absolute atomic E-state index is 0. The second kappa shape index (κ2) is 13.7. The van der Waals surface area contributed by atoms with E-state index in [0.29, 0.717) is 40.8 Å². The molecular weight excluding hydrogens is 456 g/mol. The molecule has 0 aliphatic heterocycles. The summed E-state index contributed by atoms with van der Waals surface area (Å²) in [5, 5.41) is 9.39. The van der Waals surface area contributed by atoms with E-state index in [1.165, 1.54) is 0 Å². The van der Waals surface area contributed by atoms with Crippen LogP contribution in [-0.2, 0) is 10.1 Å². The van der Waals surface area contributed by atoms with Crippen LogP contribution in [0.25, 0.3) is 0 Å². The number of azo groups is 1. The Morgan fingerprint density at radius 3 is 2.27 bits per heavy atom. The predicted molar refractivity (Wildman–Crippen MR) is 120 cm³/mol. The van der Waals surface area contributed by atoms with E-state index < -0.39 is 10.1 Å². The van der Waals surface area contributed by atoms with E-state index in [4.69, 9.17) is 27.8 Å². The zero-order valence-electron chi connectivity index (χ0n) is 17.3. The van der Waals surface area contributed by atoms with Gasteiger partial charge in [0.2, 0.25) is 0 Å². The SMILES string of the molecule is CCCCN(CCCCS(=O)(=O)O)c1ccc(N=Nc2cc(Cl)ccc2Cl)cc1.[Na+]. The average molecular weight is 481 g/mol. The Morgan fingerprint density at radius 1 is 0.967 bits per heavy atom. The van der Waals surface area contributed by atoms with Crippen LogP contribution in [0.4, 0.5) is 17.1 Å². The van der Waals surface area contributed by atoms with E-state index in [9.17, 15) is 8.42 Å². The molecule has 0 radical (unpaired) electrons. The van der Waals surface area contributed by atoms with Crippen molar-refractivity contribution in [2.45, 2.75) is 32.6 Å². The maximum Gasteiger partial charge on any atom is 1.00 e. The molecule has 0 saturated heterocycles. The number of nitrogens with zero attached hydrogens (tertiary/aromatic N) is 3. The van der Waals surface area contributed by atoms with Crippen molar-refractivity contribution in [1.82, 2.24) is 0 Å². The van der Waals surface area contributed by atoms with Crippen molar-refractivity contribution in [3.63, 3.8) is 0 Å². The van der Waals surface area contributed by atoms with Crippen LogP contribution in [0.3, 0.4) is 0 Å². The van der Waals surface area contributed by atoms with Gasteiger partial charge < -0.3 is 4.90 Å². The van der Waals surface area contributed by atoms with Crippen LogP contribution in [-0.4, -0.2) is 31.8 Å². The van der Waals surface area contributed by atoms with Gasteiger partial charge in [0.25, 0.3) is 10.1 Å². The van der Waals surface area contributed by atoms with Crippen molar-refractivity contribution >= 4 is 50.4 Å². The maximum atomic E-state index is 10.9. The third-order valence-corrected chi connectivity index (χ3v) is 5.62.